The molecule has 0 unspecified atom stereocenters. The minimum absolute atomic E-state index is 0.251. The summed E-state index contributed by atoms with van der Waals surface area (Å²) in [7, 11) is 0. The molecule has 8 nitrogen and oxygen atoms in total. The van der Waals surface area contributed by atoms with E-state index in [4.69, 9.17) is 5.73 Å². The molecule has 0 fully saturated rings. The molecule has 0 aliphatic heterocycles. The van der Waals surface area contributed by atoms with Gasteiger partial charge in [-0.2, -0.15) is 5.10 Å². The van der Waals surface area contributed by atoms with E-state index in [0.29, 0.717) is 25.3 Å². The maximum Gasteiger partial charge on any atom is 0.273 e. The van der Waals surface area contributed by atoms with E-state index >= 15 is 0 Å². The molecule has 4 rings (SSSR count). The fraction of sp³-hybridized carbons (Fsp3) is 0.217. The first-order valence-corrected chi connectivity index (χ1v) is 10.1. The van der Waals surface area contributed by atoms with Gasteiger partial charge in [0.15, 0.2) is 5.69 Å². The van der Waals surface area contributed by atoms with E-state index in [0.717, 1.165) is 28.8 Å². The highest BCUT2D eigenvalue weighted by Crippen LogP contribution is 2.09. The van der Waals surface area contributed by atoms with Crippen molar-refractivity contribution in [2.45, 2.75) is 33.1 Å². The number of nitrogens with one attached hydrogen (secondary N) is 1. The van der Waals surface area contributed by atoms with E-state index in [1.54, 1.807) is 10.9 Å². The molecule has 0 aliphatic rings. The van der Waals surface area contributed by atoms with Crippen molar-refractivity contribution in [3.63, 3.8) is 0 Å². The molecule has 2 heterocycles. The van der Waals surface area contributed by atoms with Gasteiger partial charge in [0, 0.05) is 19.3 Å². The second kappa shape index (κ2) is 9.36. The highest BCUT2D eigenvalue weighted by atomic mass is 16.2. The van der Waals surface area contributed by atoms with Crippen molar-refractivity contribution >= 4 is 5.91 Å². The smallest absolute Gasteiger partial charge is 0.273 e. The Morgan fingerprint density at radius 2 is 1.52 bits per heavy atom. The van der Waals surface area contributed by atoms with Crippen molar-refractivity contribution in [2.75, 3.05) is 0 Å². The summed E-state index contributed by atoms with van der Waals surface area (Å²) in [4.78, 5) is 12.4. The van der Waals surface area contributed by atoms with E-state index in [-0.39, 0.29) is 5.91 Å². The fourth-order valence-electron chi connectivity index (χ4n) is 3.22. The van der Waals surface area contributed by atoms with E-state index in [2.05, 4.69) is 45.0 Å². The Balaban J connectivity index is 1.31. The number of hydrogen-bond acceptors (Lipinski definition) is 5. The zero-order valence-electron chi connectivity index (χ0n) is 17.4. The van der Waals surface area contributed by atoms with Gasteiger partial charge in [-0.05, 0) is 34.7 Å². The van der Waals surface area contributed by atoms with Crippen molar-refractivity contribution in [3.05, 3.63) is 101 Å². The fourth-order valence-corrected chi connectivity index (χ4v) is 3.22. The largest absolute Gasteiger partial charge is 0.347 e. The highest BCUT2D eigenvalue weighted by Gasteiger charge is 2.11. The van der Waals surface area contributed by atoms with Gasteiger partial charge in [0.25, 0.3) is 5.91 Å². The monoisotopic (exact) mass is 415 g/mol. The predicted molar refractivity (Wildman–Crippen MR) is 117 cm³/mol. The molecule has 2 aromatic heterocycles. The minimum atomic E-state index is -0.251. The topological polar surface area (TPSA) is 104 Å². The van der Waals surface area contributed by atoms with E-state index < -0.39 is 0 Å². The summed E-state index contributed by atoms with van der Waals surface area (Å²) in [5, 5.41) is 15.3. The van der Waals surface area contributed by atoms with E-state index in [1.807, 2.05) is 48.3 Å². The lowest BCUT2D eigenvalue weighted by Crippen LogP contribution is -2.23. The summed E-state index contributed by atoms with van der Waals surface area (Å²) in [5.41, 5.74) is 11.4. The molecule has 0 aliphatic carbocycles. The number of carbonyl (C=O) groups excluding carboxylic acids is 1. The number of benzene rings is 2. The highest BCUT2D eigenvalue weighted by molar-refractivity contribution is 5.91. The van der Waals surface area contributed by atoms with Gasteiger partial charge in [-0.15, -0.1) is 5.10 Å². The third kappa shape index (κ3) is 5.43. The molecular weight excluding hydrogens is 390 g/mol. The number of aromatic nitrogens is 5. The molecule has 1 amide bonds. The van der Waals surface area contributed by atoms with Crippen LogP contribution in [0, 0.1) is 6.92 Å². The first-order valence-electron chi connectivity index (χ1n) is 10.1. The van der Waals surface area contributed by atoms with Crippen LogP contribution in [-0.2, 0) is 26.2 Å². The number of aryl methyl sites for hydroxylation is 1. The average Bonchev–Trinajstić information content (AvgIpc) is 3.42. The van der Waals surface area contributed by atoms with Gasteiger partial charge in [0.05, 0.1) is 25.5 Å². The zero-order chi connectivity index (χ0) is 21.6. The molecule has 0 radical (unpaired) electrons. The van der Waals surface area contributed by atoms with Gasteiger partial charge in [-0.1, -0.05) is 53.7 Å². The Morgan fingerprint density at radius 3 is 2.13 bits per heavy atom. The van der Waals surface area contributed by atoms with Crippen LogP contribution in [0.4, 0.5) is 0 Å². The van der Waals surface area contributed by atoms with Crippen molar-refractivity contribution in [2.24, 2.45) is 5.73 Å². The molecule has 8 heteroatoms. The van der Waals surface area contributed by atoms with Crippen molar-refractivity contribution < 1.29 is 4.79 Å². The molecule has 31 heavy (non-hydrogen) atoms. The number of nitrogens with zero attached hydrogens (tertiary/aromatic N) is 5. The standard InChI is InChI=1S/C23H25N7O/c1-17-11-26-29(13-17)14-20-6-8-21(9-7-20)15-30-16-22(27-28-30)23(31)25-12-19-4-2-18(10-24)3-5-19/h2-9,11,13,16H,10,12,14-15,24H2,1H3,(H,25,31). The molecule has 0 atom stereocenters. The normalized spacial score (nSPS) is 10.9. The second-order valence-corrected chi connectivity index (χ2v) is 7.54. The van der Waals surface area contributed by atoms with Gasteiger partial charge in [0.2, 0.25) is 0 Å². The second-order valence-electron chi connectivity index (χ2n) is 7.54. The Hall–Kier alpha value is -3.78. The Kier molecular flexibility index (Phi) is 6.18. The van der Waals surface area contributed by atoms with Crippen LogP contribution in [-0.4, -0.2) is 30.7 Å². The SMILES string of the molecule is Cc1cnn(Cc2ccc(Cn3cc(C(=O)NCc4ccc(CN)cc4)nn3)cc2)c1. The predicted octanol–water partition coefficient (Wildman–Crippen LogP) is 2.27. The average molecular weight is 416 g/mol. The molecule has 0 saturated heterocycles. The molecular formula is C23H25N7O. The van der Waals surface area contributed by atoms with Crippen LogP contribution in [0.25, 0.3) is 0 Å². The number of hydrogen-bond donors (Lipinski definition) is 2. The summed E-state index contributed by atoms with van der Waals surface area (Å²) in [6.07, 6.45) is 5.53. The van der Waals surface area contributed by atoms with Crippen LogP contribution < -0.4 is 11.1 Å². The van der Waals surface area contributed by atoms with Crippen molar-refractivity contribution in [1.29, 1.82) is 0 Å². The molecule has 3 N–H and O–H groups in total. The Bertz CT molecular complexity index is 1140. The first kappa shape index (κ1) is 20.5. The number of carbonyl (C=O) groups is 1. The van der Waals surface area contributed by atoms with E-state index in [1.165, 1.54) is 5.56 Å². The summed E-state index contributed by atoms with van der Waals surface area (Å²) >= 11 is 0. The molecule has 0 saturated carbocycles. The molecule has 4 aromatic rings. The van der Waals surface area contributed by atoms with E-state index in [9.17, 15) is 4.79 Å². The maximum atomic E-state index is 12.4. The van der Waals surface area contributed by atoms with Crippen LogP contribution in [0.15, 0.2) is 67.1 Å². The van der Waals surface area contributed by atoms with Crippen molar-refractivity contribution in [1.82, 2.24) is 30.1 Å². The van der Waals surface area contributed by atoms with Gasteiger partial charge in [0.1, 0.15) is 0 Å². The summed E-state index contributed by atoms with van der Waals surface area (Å²) < 4.78 is 3.58. The van der Waals surface area contributed by atoms with Gasteiger partial charge < -0.3 is 11.1 Å². The van der Waals surface area contributed by atoms with Crippen LogP contribution in [0.1, 0.15) is 38.3 Å². The Morgan fingerprint density at radius 1 is 0.903 bits per heavy atom. The lowest BCUT2D eigenvalue weighted by molar-refractivity contribution is 0.0946. The first-order chi connectivity index (χ1) is 15.1. The molecule has 2 aromatic carbocycles. The maximum absolute atomic E-state index is 12.4. The third-order valence-corrected chi connectivity index (χ3v) is 4.96. The van der Waals surface area contributed by atoms with Gasteiger partial charge >= 0.3 is 0 Å². The van der Waals surface area contributed by atoms with Crippen LogP contribution >= 0.6 is 0 Å². The minimum Gasteiger partial charge on any atom is -0.347 e. The Labute approximate surface area is 180 Å². The number of amides is 1. The summed E-state index contributed by atoms with van der Waals surface area (Å²) in [6, 6.07) is 16.1. The van der Waals surface area contributed by atoms with Gasteiger partial charge in [-0.25, -0.2) is 4.68 Å². The molecule has 158 valence electrons. The van der Waals surface area contributed by atoms with Crippen molar-refractivity contribution in [3.8, 4) is 0 Å². The van der Waals surface area contributed by atoms with Crippen LogP contribution in [0.3, 0.4) is 0 Å². The lowest BCUT2D eigenvalue weighted by atomic mass is 10.1. The van der Waals surface area contributed by atoms with Gasteiger partial charge in [-0.3, -0.25) is 9.48 Å². The van der Waals surface area contributed by atoms with Crippen LogP contribution in [0.5, 0.6) is 0 Å². The third-order valence-electron chi connectivity index (χ3n) is 4.96. The quantitative estimate of drug-likeness (QED) is 0.459. The molecule has 0 spiro atoms. The molecule has 0 bridgehead atoms. The number of rotatable bonds is 8. The number of nitrogens with two attached hydrogens (primary N) is 1. The summed E-state index contributed by atoms with van der Waals surface area (Å²) in [6.45, 7) is 4.23. The zero-order valence-corrected chi connectivity index (χ0v) is 17.4. The summed E-state index contributed by atoms with van der Waals surface area (Å²) in [5.74, 6) is -0.251. The lowest BCUT2D eigenvalue weighted by Gasteiger charge is -2.05. The van der Waals surface area contributed by atoms with Crippen LogP contribution in [0.2, 0.25) is 0 Å².